The Morgan fingerprint density at radius 3 is 2.24 bits per heavy atom. The Labute approximate surface area is 206 Å². The average Bonchev–Trinajstić information content (AvgIpc) is 2.81. The maximum atomic E-state index is 13.1. The predicted molar refractivity (Wildman–Crippen MR) is 132 cm³/mol. The number of nitrogens with zero attached hydrogens (tertiary/aromatic N) is 2. The van der Waals surface area contributed by atoms with Crippen LogP contribution < -0.4 is 10.0 Å². The molecule has 0 radical (unpaired) electrons. The molecular weight excluding hydrogens is 499 g/mol. The summed E-state index contributed by atoms with van der Waals surface area (Å²) in [6, 6.07) is 17.6. The number of ether oxygens (including phenoxy) is 1. The molecule has 0 amide bonds. The van der Waals surface area contributed by atoms with E-state index in [9.17, 15) is 13.2 Å². The first-order chi connectivity index (χ1) is 16.3. The second-order valence-corrected chi connectivity index (χ2v) is 9.51. The van der Waals surface area contributed by atoms with E-state index in [1.54, 1.807) is 55.5 Å². The third-order valence-corrected chi connectivity index (χ3v) is 6.70. The van der Waals surface area contributed by atoms with Crippen molar-refractivity contribution in [1.29, 1.82) is 0 Å². The van der Waals surface area contributed by atoms with Crippen molar-refractivity contribution in [3.8, 4) is 0 Å². The topological polar surface area (TPSA) is 110 Å². The number of anilines is 3. The third-order valence-electron chi connectivity index (χ3n) is 4.64. The number of halogens is 2. The number of fused-ring (bicyclic) bond motifs is 1. The summed E-state index contributed by atoms with van der Waals surface area (Å²) in [5.41, 5.74) is 1.98. The van der Waals surface area contributed by atoms with Crippen molar-refractivity contribution >= 4 is 67.6 Å². The molecule has 0 saturated carbocycles. The molecule has 0 fully saturated rings. The molecule has 0 aliphatic rings. The highest BCUT2D eigenvalue weighted by molar-refractivity contribution is 7.92. The van der Waals surface area contributed by atoms with Gasteiger partial charge in [-0.3, -0.25) is 4.72 Å². The van der Waals surface area contributed by atoms with Crippen molar-refractivity contribution in [1.82, 2.24) is 9.97 Å². The van der Waals surface area contributed by atoms with E-state index in [1.807, 2.05) is 0 Å². The normalized spacial score (nSPS) is 11.3. The van der Waals surface area contributed by atoms with Crippen LogP contribution >= 0.6 is 23.2 Å². The molecule has 3 aromatic carbocycles. The zero-order valence-corrected chi connectivity index (χ0v) is 20.1. The highest BCUT2D eigenvalue weighted by atomic mass is 35.5. The molecule has 0 atom stereocenters. The lowest BCUT2D eigenvalue weighted by molar-refractivity contribution is 0.0526. The standard InChI is InChI=1S/C23H18Cl2N4O4S/c1-2-33-23(30)14-7-10-16(11-8-14)26-21-22(28-19-6-4-3-5-18(19)27-21)29-34(31,32)20-13-15(24)9-12-17(20)25/h3-13H,2H2,1H3,(H,26,27)(H,28,29). The number of esters is 1. The fourth-order valence-electron chi connectivity index (χ4n) is 3.06. The van der Waals surface area contributed by atoms with Gasteiger partial charge in [-0.05, 0) is 61.5 Å². The molecule has 0 aliphatic carbocycles. The molecule has 8 nitrogen and oxygen atoms in total. The Kier molecular flexibility index (Phi) is 6.87. The third kappa shape index (κ3) is 5.22. The van der Waals surface area contributed by atoms with Crippen molar-refractivity contribution in [3.63, 3.8) is 0 Å². The Bertz CT molecular complexity index is 1480. The van der Waals surface area contributed by atoms with Gasteiger partial charge in [0.2, 0.25) is 0 Å². The molecule has 0 aliphatic heterocycles. The van der Waals surface area contributed by atoms with Gasteiger partial charge in [0, 0.05) is 10.7 Å². The van der Waals surface area contributed by atoms with Gasteiger partial charge in [-0.2, -0.15) is 0 Å². The smallest absolute Gasteiger partial charge is 0.338 e. The zero-order valence-electron chi connectivity index (χ0n) is 17.7. The number of carbonyl (C=O) groups is 1. The summed E-state index contributed by atoms with van der Waals surface area (Å²) in [4.78, 5) is 20.7. The highest BCUT2D eigenvalue weighted by Gasteiger charge is 2.22. The Morgan fingerprint density at radius 2 is 1.59 bits per heavy atom. The molecule has 4 rings (SSSR count). The molecule has 11 heteroatoms. The molecule has 1 aromatic heterocycles. The van der Waals surface area contributed by atoms with E-state index in [2.05, 4.69) is 20.0 Å². The van der Waals surface area contributed by atoms with Crippen molar-refractivity contribution in [3.05, 3.63) is 82.3 Å². The molecule has 0 spiro atoms. The summed E-state index contributed by atoms with van der Waals surface area (Å²) in [5.74, 6) is -0.320. The first kappa shape index (κ1) is 23.7. The molecule has 4 aromatic rings. The number of para-hydroxylation sites is 2. The second kappa shape index (κ2) is 9.84. The van der Waals surface area contributed by atoms with Gasteiger partial charge in [0.25, 0.3) is 10.0 Å². The molecule has 174 valence electrons. The Balaban J connectivity index is 1.72. The van der Waals surface area contributed by atoms with Gasteiger partial charge in [-0.15, -0.1) is 0 Å². The van der Waals surface area contributed by atoms with Gasteiger partial charge in [-0.1, -0.05) is 35.3 Å². The molecule has 1 heterocycles. The van der Waals surface area contributed by atoms with Crippen LogP contribution in [0.2, 0.25) is 10.0 Å². The van der Waals surface area contributed by atoms with Crippen LogP contribution in [0, 0.1) is 0 Å². The van der Waals surface area contributed by atoms with E-state index in [4.69, 9.17) is 27.9 Å². The Morgan fingerprint density at radius 1 is 0.941 bits per heavy atom. The number of hydrogen-bond donors (Lipinski definition) is 2. The van der Waals surface area contributed by atoms with Gasteiger partial charge in [0.1, 0.15) is 4.90 Å². The van der Waals surface area contributed by atoms with Crippen molar-refractivity contribution in [2.75, 3.05) is 16.6 Å². The van der Waals surface area contributed by atoms with Crippen LogP contribution in [0.3, 0.4) is 0 Å². The monoisotopic (exact) mass is 516 g/mol. The van der Waals surface area contributed by atoms with Gasteiger partial charge in [0.15, 0.2) is 11.6 Å². The van der Waals surface area contributed by atoms with Gasteiger partial charge in [-0.25, -0.2) is 23.2 Å². The minimum absolute atomic E-state index is 0.00899. The van der Waals surface area contributed by atoms with Crippen LogP contribution in [-0.4, -0.2) is 31.0 Å². The maximum absolute atomic E-state index is 13.1. The van der Waals surface area contributed by atoms with Crippen molar-refractivity contribution < 1.29 is 17.9 Å². The summed E-state index contributed by atoms with van der Waals surface area (Å²) in [7, 11) is -4.14. The van der Waals surface area contributed by atoms with Crippen molar-refractivity contribution in [2.24, 2.45) is 0 Å². The van der Waals surface area contributed by atoms with Gasteiger partial charge in [0.05, 0.1) is 28.2 Å². The number of rotatable bonds is 7. The first-order valence-electron chi connectivity index (χ1n) is 10.1. The summed E-state index contributed by atoms with van der Waals surface area (Å²) in [6.07, 6.45) is 0. The number of hydrogen-bond acceptors (Lipinski definition) is 7. The fraction of sp³-hybridized carbons (Fsp3) is 0.0870. The fourth-order valence-corrected chi connectivity index (χ4v) is 4.84. The van der Waals surface area contributed by atoms with E-state index in [0.29, 0.717) is 22.3 Å². The van der Waals surface area contributed by atoms with Gasteiger partial charge < -0.3 is 10.1 Å². The zero-order chi connectivity index (χ0) is 24.3. The van der Waals surface area contributed by atoms with E-state index in [-0.39, 0.29) is 33.2 Å². The number of nitrogens with one attached hydrogen (secondary N) is 2. The molecule has 0 bridgehead atoms. The molecule has 0 unspecified atom stereocenters. The Hall–Kier alpha value is -3.40. The minimum atomic E-state index is -4.14. The highest BCUT2D eigenvalue weighted by Crippen LogP contribution is 2.30. The molecule has 2 N–H and O–H groups in total. The van der Waals surface area contributed by atoms with Crippen LogP contribution in [-0.2, 0) is 14.8 Å². The van der Waals surface area contributed by atoms with Crippen LogP contribution in [0.4, 0.5) is 17.3 Å². The first-order valence-corrected chi connectivity index (χ1v) is 12.3. The largest absolute Gasteiger partial charge is 0.462 e. The maximum Gasteiger partial charge on any atom is 0.338 e. The molecular formula is C23H18Cl2N4O4S. The summed E-state index contributed by atoms with van der Waals surface area (Å²) < 4.78 is 33.6. The summed E-state index contributed by atoms with van der Waals surface area (Å²) in [5, 5.41) is 3.28. The van der Waals surface area contributed by atoms with Crippen LogP contribution in [0.15, 0.2) is 71.6 Å². The number of benzene rings is 3. The molecule has 34 heavy (non-hydrogen) atoms. The van der Waals surface area contributed by atoms with E-state index in [0.717, 1.165) is 0 Å². The lowest BCUT2D eigenvalue weighted by Crippen LogP contribution is -2.16. The number of aromatic nitrogens is 2. The van der Waals surface area contributed by atoms with Crippen LogP contribution in [0.25, 0.3) is 11.0 Å². The van der Waals surface area contributed by atoms with E-state index < -0.39 is 16.0 Å². The average molecular weight is 517 g/mol. The summed E-state index contributed by atoms with van der Waals surface area (Å²) >= 11 is 12.1. The van der Waals surface area contributed by atoms with Crippen molar-refractivity contribution in [2.45, 2.75) is 11.8 Å². The van der Waals surface area contributed by atoms with Crippen LogP contribution in [0.1, 0.15) is 17.3 Å². The van der Waals surface area contributed by atoms with E-state index >= 15 is 0 Å². The number of carbonyl (C=O) groups excluding carboxylic acids is 1. The number of sulfonamides is 1. The lowest BCUT2D eigenvalue weighted by Gasteiger charge is -2.15. The predicted octanol–water partition coefficient (Wildman–Crippen LogP) is 5.66. The van der Waals surface area contributed by atoms with E-state index in [1.165, 1.54) is 18.2 Å². The lowest BCUT2D eigenvalue weighted by atomic mass is 10.2. The summed E-state index contributed by atoms with van der Waals surface area (Å²) in [6.45, 7) is 2.00. The van der Waals surface area contributed by atoms with Gasteiger partial charge >= 0.3 is 5.97 Å². The minimum Gasteiger partial charge on any atom is -0.462 e. The quantitative estimate of drug-likeness (QED) is 0.305. The second-order valence-electron chi connectivity index (χ2n) is 7.01. The van der Waals surface area contributed by atoms with Crippen LogP contribution in [0.5, 0.6) is 0 Å². The molecule has 0 saturated heterocycles. The SMILES string of the molecule is CCOC(=O)c1ccc(Nc2nc3ccccc3nc2NS(=O)(=O)c2cc(Cl)ccc2Cl)cc1.